The van der Waals surface area contributed by atoms with Crippen molar-refractivity contribution in [3.05, 3.63) is 35.4 Å². The van der Waals surface area contributed by atoms with Gasteiger partial charge in [0.25, 0.3) is 0 Å². The minimum atomic E-state index is 0.780. The Morgan fingerprint density at radius 1 is 1.47 bits per heavy atom. The Hall–Kier alpha value is -1.75. The molecule has 1 aliphatic heterocycles. The van der Waals surface area contributed by atoms with Gasteiger partial charge in [0.15, 0.2) is 0 Å². The van der Waals surface area contributed by atoms with Gasteiger partial charge in [0.2, 0.25) is 5.88 Å². The van der Waals surface area contributed by atoms with Crippen molar-refractivity contribution in [2.75, 3.05) is 13.7 Å². The first-order valence-electron chi connectivity index (χ1n) is 6.60. The maximum atomic E-state index is 5.36. The second kappa shape index (κ2) is 5.09. The van der Waals surface area contributed by atoms with Gasteiger partial charge in [-0.05, 0) is 25.5 Å². The van der Waals surface area contributed by atoms with E-state index in [1.54, 1.807) is 13.4 Å². The fraction of sp³-hybridized carbons (Fsp3) is 0.500. The number of hydrogen-bond donors (Lipinski definition) is 0. The summed E-state index contributed by atoms with van der Waals surface area (Å²) in [7, 11) is 3.68. The molecule has 0 spiro atoms. The predicted octanol–water partition coefficient (Wildman–Crippen LogP) is 1.97. The first-order valence-corrected chi connectivity index (χ1v) is 6.60. The Morgan fingerprint density at radius 2 is 2.37 bits per heavy atom. The first kappa shape index (κ1) is 12.3. The molecule has 102 valence electrons. The maximum Gasteiger partial charge on any atom is 0.236 e. The summed E-state index contributed by atoms with van der Waals surface area (Å²) >= 11 is 0. The molecule has 5 heteroatoms. The molecule has 0 radical (unpaired) electrons. The van der Waals surface area contributed by atoms with E-state index in [0.29, 0.717) is 0 Å². The van der Waals surface area contributed by atoms with Crippen molar-refractivity contribution < 1.29 is 9.15 Å². The topological polar surface area (TPSA) is 43.4 Å². The molecule has 0 aromatic carbocycles. The Kier molecular flexibility index (Phi) is 3.29. The molecule has 0 bridgehead atoms. The molecular formula is C14H19N3O2. The van der Waals surface area contributed by atoms with Crippen LogP contribution in [0.15, 0.2) is 23.0 Å². The molecule has 0 amide bonds. The Bertz CT molecular complexity index is 545. The second-order valence-corrected chi connectivity index (χ2v) is 5.00. The molecule has 0 aliphatic carbocycles. The fourth-order valence-corrected chi connectivity index (χ4v) is 2.73. The van der Waals surface area contributed by atoms with Gasteiger partial charge in [0, 0.05) is 31.3 Å². The van der Waals surface area contributed by atoms with Crippen molar-refractivity contribution >= 4 is 0 Å². The van der Waals surface area contributed by atoms with Crippen LogP contribution in [0, 0.1) is 0 Å². The van der Waals surface area contributed by atoms with Crippen LogP contribution in [0.4, 0.5) is 0 Å². The number of hydrogen-bond acceptors (Lipinski definition) is 4. The zero-order chi connectivity index (χ0) is 13.2. The van der Waals surface area contributed by atoms with E-state index in [4.69, 9.17) is 9.15 Å². The van der Waals surface area contributed by atoms with E-state index in [1.165, 1.54) is 16.8 Å². The number of ether oxygens (including phenoxy) is 1. The highest BCUT2D eigenvalue weighted by atomic mass is 16.5. The van der Waals surface area contributed by atoms with E-state index in [9.17, 15) is 0 Å². The lowest BCUT2D eigenvalue weighted by Gasteiger charge is -2.19. The molecule has 3 heterocycles. The van der Waals surface area contributed by atoms with Crippen molar-refractivity contribution in [1.29, 1.82) is 0 Å². The van der Waals surface area contributed by atoms with Gasteiger partial charge < -0.3 is 9.15 Å². The minimum Gasteiger partial charge on any atom is -0.480 e. The van der Waals surface area contributed by atoms with Crippen LogP contribution in [-0.2, 0) is 26.6 Å². The summed E-state index contributed by atoms with van der Waals surface area (Å²) in [5, 5.41) is 4.43. The average Bonchev–Trinajstić information content (AvgIpc) is 2.94. The highest BCUT2D eigenvalue weighted by molar-refractivity contribution is 5.32. The third-order valence-electron chi connectivity index (χ3n) is 3.69. The molecule has 5 nitrogen and oxygen atoms in total. The minimum absolute atomic E-state index is 0.780. The van der Waals surface area contributed by atoms with Crippen molar-refractivity contribution in [1.82, 2.24) is 14.7 Å². The van der Waals surface area contributed by atoms with E-state index >= 15 is 0 Å². The summed E-state index contributed by atoms with van der Waals surface area (Å²) in [6.45, 7) is 2.92. The van der Waals surface area contributed by atoms with E-state index in [1.807, 2.05) is 24.1 Å². The van der Waals surface area contributed by atoms with E-state index in [0.717, 1.165) is 38.4 Å². The monoisotopic (exact) mass is 261 g/mol. The lowest BCUT2D eigenvalue weighted by Crippen LogP contribution is -2.23. The third kappa shape index (κ3) is 2.38. The highest BCUT2D eigenvalue weighted by Crippen LogP contribution is 2.27. The number of methoxy groups -OCH3 is 1. The molecule has 0 N–H and O–H groups in total. The largest absolute Gasteiger partial charge is 0.480 e. The average molecular weight is 261 g/mol. The van der Waals surface area contributed by atoms with Crippen molar-refractivity contribution in [3.63, 3.8) is 0 Å². The van der Waals surface area contributed by atoms with Crippen LogP contribution in [0.25, 0.3) is 0 Å². The normalized spacial score (nSPS) is 16.1. The second-order valence-electron chi connectivity index (χ2n) is 5.00. The van der Waals surface area contributed by atoms with Gasteiger partial charge in [-0.3, -0.25) is 9.58 Å². The highest BCUT2D eigenvalue weighted by Gasteiger charge is 2.22. The van der Waals surface area contributed by atoms with Gasteiger partial charge in [0.05, 0.1) is 25.3 Å². The van der Waals surface area contributed by atoms with Gasteiger partial charge in [0.1, 0.15) is 0 Å². The first-order chi connectivity index (χ1) is 9.28. The molecule has 2 aromatic rings. The van der Waals surface area contributed by atoms with E-state index in [-0.39, 0.29) is 0 Å². The van der Waals surface area contributed by atoms with Gasteiger partial charge in [-0.2, -0.15) is 0 Å². The third-order valence-corrected chi connectivity index (χ3v) is 3.69. The summed E-state index contributed by atoms with van der Waals surface area (Å²) in [4.78, 5) is 2.43. The predicted molar refractivity (Wildman–Crippen MR) is 70.9 cm³/mol. The number of rotatable bonds is 3. The van der Waals surface area contributed by atoms with Crippen LogP contribution in [0.3, 0.4) is 0 Å². The number of nitrogens with zero attached hydrogens (tertiary/aromatic N) is 3. The zero-order valence-electron chi connectivity index (χ0n) is 11.4. The fourth-order valence-electron chi connectivity index (χ4n) is 2.73. The molecule has 2 aromatic heterocycles. The molecule has 0 fully saturated rings. The number of fused-ring (bicyclic) bond motifs is 1. The summed E-state index contributed by atoms with van der Waals surface area (Å²) in [6, 6.07) is 2.02. The molecule has 0 unspecified atom stereocenters. The Morgan fingerprint density at radius 3 is 3.11 bits per heavy atom. The smallest absolute Gasteiger partial charge is 0.236 e. The lowest BCUT2D eigenvalue weighted by atomic mass is 10.1. The lowest BCUT2D eigenvalue weighted by molar-refractivity contribution is 0.253. The summed E-state index contributed by atoms with van der Waals surface area (Å²) < 4.78 is 12.4. The quantitative estimate of drug-likeness (QED) is 0.847. The number of aryl methyl sites for hydroxylation is 1. The van der Waals surface area contributed by atoms with Gasteiger partial charge in [-0.15, -0.1) is 5.10 Å². The molecule has 0 saturated carbocycles. The molecule has 0 atom stereocenters. The summed E-state index contributed by atoms with van der Waals surface area (Å²) in [6.07, 6.45) is 5.71. The van der Waals surface area contributed by atoms with Gasteiger partial charge >= 0.3 is 0 Å². The van der Waals surface area contributed by atoms with Crippen LogP contribution in [-0.4, -0.2) is 28.3 Å². The van der Waals surface area contributed by atoms with E-state index in [2.05, 4.69) is 10.00 Å². The Balaban J connectivity index is 1.82. The van der Waals surface area contributed by atoms with Crippen LogP contribution in [0.2, 0.25) is 0 Å². The molecule has 0 saturated heterocycles. The van der Waals surface area contributed by atoms with Crippen LogP contribution >= 0.6 is 0 Å². The molecule has 19 heavy (non-hydrogen) atoms. The zero-order valence-corrected chi connectivity index (χ0v) is 11.4. The SMILES string of the molecule is COc1nn(C)c2c1CCCN(Cc1ccoc1)C2. The number of furan rings is 1. The van der Waals surface area contributed by atoms with E-state index < -0.39 is 0 Å². The Labute approximate surface area is 112 Å². The standard InChI is InChI=1S/C14H19N3O2/c1-16-13-9-17(8-11-5-7-19-10-11)6-3-4-12(13)14(15-16)18-2/h5,7,10H,3-4,6,8-9H2,1-2H3. The van der Waals surface area contributed by atoms with Gasteiger partial charge in [-0.1, -0.05) is 0 Å². The van der Waals surface area contributed by atoms with Crippen LogP contribution < -0.4 is 4.74 Å². The maximum absolute atomic E-state index is 5.36. The van der Waals surface area contributed by atoms with Crippen molar-refractivity contribution in [3.8, 4) is 5.88 Å². The van der Waals surface area contributed by atoms with Crippen molar-refractivity contribution in [2.45, 2.75) is 25.9 Å². The molecule has 1 aliphatic rings. The molecule has 3 rings (SSSR count). The van der Waals surface area contributed by atoms with Crippen LogP contribution in [0.5, 0.6) is 5.88 Å². The summed E-state index contributed by atoms with van der Waals surface area (Å²) in [5.41, 5.74) is 3.75. The van der Waals surface area contributed by atoms with Gasteiger partial charge in [-0.25, -0.2) is 0 Å². The summed E-state index contributed by atoms with van der Waals surface area (Å²) in [5.74, 6) is 0.780. The van der Waals surface area contributed by atoms with Crippen molar-refractivity contribution in [2.24, 2.45) is 7.05 Å². The number of aromatic nitrogens is 2. The molecular weight excluding hydrogens is 242 g/mol. The van der Waals surface area contributed by atoms with Crippen LogP contribution in [0.1, 0.15) is 23.2 Å².